The first kappa shape index (κ1) is 14.0. The summed E-state index contributed by atoms with van der Waals surface area (Å²) >= 11 is 0. The van der Waals surface area contributed by atoms with Crippen LogP contribution in [0.3, 0.4) is 0 Å². The highest BCUT2D eigenvalue weighted by molar-refractivity contribution is 5.79. The molecular weight excluding hydrogens is 240 g/mol. The zero-order chi connectivity index (χ0) is 13.7. The van der Waals surface area contributed by atoms with Crippen LogP contribution in [-0.4, -0.2) is 25.6 Å². The summed E-state index contributed by atoms with van der Waals surface area (Å²) < 4.78 is 5.07. The van der Waals surface area contributed by atoms with Gasteiger partial charge in [0.1, 0.15) is 0 Å². The van der Waals surface area contributed by atoms with Crippen LogP contribution >= 0.6 is 0 Å². The van der Waals surface area contributed by atoms with Gasteiger partial charge in [-0.15, -0.1) is 0 Å². The van der Waals surface area contributed by atoms with Crippen LogP contribution in [0.15, 0.2) is 24.3 Å². The molecule has 1 amide bonds. The fourth-order valence-corrected chi connectivity index (χ4v) is 2.05. The summed E-state index contributed by atoms with van der Waals surface area (Å²) in [5, 5.41) is 3.02. The second-order valence-electron chi connectivity index (χ2n) is 5.17. The smallest absolute Gasteiger partial charge is 0.224 e. The Morgan fingerprint density at radius 3 is 2.53 bits per heavy atom. The van der Waals surface area contributed by atoms with E-state index >= 15 is 0 Å². The van der Waals surface area contributed by atoms with E-state index < -0.39 is 0 Å². The fraction of sp³-hybridized carbons (Fsp3) is 0.533. The third-order valence-electron chi connectivity index (χ3n) is 3.40. The number of carbonyl (C=O) groups is 1. The van der Waals surface area contributed by atoms with E-state index in [-0.39, 0.29) is 11.8 Å². The lowest BCUT2D eigenvalue weighted by atomic mass is 9.98. The van der Waals surface area contributed by atoms with Crippen LogP contribution in [0.1, 0.15) is 24.0 Å². The summed E-state index contributed by atoms with van der Waals surface area (Å²) in [4.78, 5) is 12.0. The molecule has 0 aromatic heterocycles. The molecule has 1 aromatic carbocycles. The zero-order valence-corrected chi connectivity index (χ0v) is 11.4. The molecule has 1 fully saturated rings. The number of hydrogen-bond acceptors (Lipinski definition) is 3. The quantitative estimate of drug-likeness (QED) is 0.777. The van der Waals surface area contributed by atoms with Crippen molar-refractivity contribution in [2.45, 2.75) is 31.9 Å². The molecule has 1 aliphatic rings. The van der Waals surface area contributed by atoms with Crippen molar-refractivity contribution in [2.24, 2.45) is 11.7 Å². The van der Waals surface area contributed by atoms with Gasteiger partial charge >= 0.3 is 0 Å². The molecule has 0 saturated heterocycles. The van der Waals surface area contributed by atoms with E-state index in [0.29, 0.717) is 25.6 Å². The van der Waals surface area contributed by atoms with Gasteiger partial charge in [-0.25, -0.2) is 0 Å². The molecule has 2 rings (SSSR count). The third-order valence-corrected chi connectivity index (χ3v) is 3.40. The standard InChI is InChI=1S/C15H22N2O2/c1-19-10-12-4-2-11(3-5-12)8-13(9-16)15(18)17-14-6-7-14/h2-5,13-14H,6-10,16H2,1H3,(H,17,18). The first-order chi connectivity index (χ1) is 9.22. The van der Waals surface area contributed by atoms with E-state index in [1.807, 2.05) is 24.3 Å². The second kappa shape index (κ2) is 6.68. The van der Waals surface area contributed by atoms with Crippen molar-refractivity contribution in [2.75, 3.05) is 13.7 Å². The van der Waals surface area contributed by atoms with Gasteiger partial charge in [-0.05, 0) is 30.4 Å². The maximum Gasteiger partial charge on any atom is 0.224 e. The Morgan fingerprint density at radius 1 is 1.37 bits per heavy atom. The van der Waals surface area contributed by atoms with Crippen molar-refractivity contribution < 1.29 is 9.53 Å². The summed E-state index contributed by atoms with van der Waals surface area (Å²) in [7, 11) is 1.68. The molecule has 4 heteroatoms. The predicted molar refractivity (Wildman–Crippen MR) is 74.6 cm³/mol. The molecule has 1 saturated carbocycles. The summed E-state index contributed by atoms with van der Waals surface area (Å²) in [6, 6.07) is 8.55. The van der Waals surface area contributed by atoms with Crippen LogP contribution in [0.25, 0.3) is 0 Å². The number of nitrogens with one attached hydrogen (secondary N) is 1. The van der Waals surface area contributed by atoms with Gasteiger partial charge in [0.2, 0.25) is 5.91 Å². The number of ether oxygens (including phenoxy) is 1. The lowest BCUT2D eigenvalue weighted by molar-refractivity contribution is -0.124. The molecule has 19 heavy (non-hydrogen) atoms. The Morgan fingerprint density at radius 2 is 2.00 bits per heavy atom. The Hall–Kier alpha value is -1.39. The lowest BCUT2D eigenvalue weighted by Crippen LogP contribution is -2.37. The summed E-state index contributed by atoms with van der Waals surface area (Å²) in [6.45, 7) is 1.00. The van der Waals surface area contributed by atoms with Gasteiger partial charge in [0, 0.05) is 19.7 Å². The van der Waals surface area contributed by atoms with Gasteiger partial charge in [0.25, 0.3) is 0 Å². The number of rotatable bonds is 7. The Balaban J connectivity index is 1.90. The van der Waals surface area contributed by atoms with Crippen molar-refractivity contribution in [3.05, 3.63) is 35.4 Å². The van der Waals surface area contributed by atoms with Gasteiger partial charge in [0.05, 0.1) is 12.5 Å². The van der Waals surface area contributed by atoms with Crippen LogP contribution in [0.2, 0.25) is 0 Å². The second-order valence-corrected chi connectivity index (χ2v) is 5.17. The Bertz CT molecular complexity index is 413. The van der Waals surface area contributed by atoms with Crippen LogP contribution in [-0.2, 0) is 22.6 Å². The fourth-order valence-electron chi connectivity index (χ4n) is 2.05. The normalized spacial score (nSPS) is 16.1. The number of methoxy groups -OCH3 is 1. The third kappa shape index (κ3) is 4.33. The number of amides is 1. The maximum atomic E-state index is 12.0. The van der Waals surface area contributed by atoms with Crippen LogP contribution < -0.4 is 11.1 Å². The van der Waals surface area contributed by atoms with E-state index in [9.17, 15) is 4.79 Å². The average molecular weight is 262 g/mol. The minimum atomic E-state index is -0.131. The van der Waals surface area contributed by atoms with E-state index in [4.69, 9.17) is 10.5 Å². The van der Waals surface area contributed by atoms with Crippen molar-refractivity contribution in [1.29, 1.82) is 0 Å². The molecule has 1 unspecified atom stereocenters. The molecule has 104 valence electrons. The molecule has 0 heterocycles. The highest BCUT2D eigenvalue weighted by Gasteiger charge is 2.26. The SMILES string of the molecule is COCc1ccc(CC(CN)C(=O)NC2CC2)cc1. The van der Waals surface area contributed by atoms with Gasteiger partial charge in [-0.2, -0.15) is 0 Å². The molecule has 1 atom stereocenters. The monoisotopic (exact) mass is 262 g/mol. The van der Waals surface area contributed by atoms with Crippen molar-refractivity contribution >= 4 is 5.91 Å². The summed E-state index contributed by atoms with van der Waals surface area (Å²) in [5.74, 6) is -0.0418. The van der Waals surface area contributed by atoms with E-state index in [1.54, 1.807) is 7.11 Å². The molecule has 0 aliphatic heterocycles. The molecule has 1 aromatic rings. The average Bonchev–Trinajstić information content (AvgIpc) is 3.22. The topological polar surface area (TPSA) is 64.3 Å². The highest BCUT2D eigenvalue weighted by Crippen LogP contribution is 2.20. The molecule has 4 nitrogen and oxygen atoms in total. The van der Waals surface area contributed by atoms with Crippen molar-refractivity contribution in [1.82, 2.24) is 5.32 Å². The Labute approximate surface area is 114 Å². The van der Waals surface area contributed by atoms with E-state index in [1.165, 1.54) is 0 Å². The number of nitrogens with two attached hydrogens (primary N) is 1. The predicted octanol–water partition coefficient (Wildman–Crippen LogP) is 1.23. The van der Waals surface area contributed by atoms with Crippen molar-refractivity contribution in [3.63, 3.8) is 0 Å². The molecule has 3 N–H and O–H groups in total. The van der Waals surface area contributed by atoms with Gasteiger partial charge in [-0.1, -0.05) is 24.3 Å². The number of hydrogen-bond donors (Lipinski definition) is 2. The first-order valence-electron chi connectivity index (χ1n) is 6.80. The highest BCUT2D eigenvalue weighted by atomic mass is 16.5. The number of benzene rings is 1. The summed E-state index contributed by atoms with van der Waals surface area (Å²) in [5.41, 5.74) is 7.99. The molecule has 0 spiro atoms. The van der Waals surface area contributed by atoms with Crippen LogP contribution in [0.4, 0.5) is 0 Å². The largest absolute Gasteiger partial charge is 0.380 e. The van der Waals surface area contributed by atoms with Gasteiger partial charge in [-0.3, -0.25) is 4.79 Å². The van der Waals surface area contributed by atoms with E-state index in [2.05, 4.69) is 5.32 Å². The zero-order valence-electron chi connectivity index (χ0n) is 11.4. The molecule has 1 aliphatic carbocycles. The lowest BCUT2D eigenvalue weighted by Gasteiger charge is -2.15. The minimum absolute atomic E-state index is 0.0889. The Kier molecular flexibility index (Phi) is 4.93. The minimum Gasteiger partial charge on any atom is -0.380 e. The van der Waals surface area contributed by atoms with Crippen LogP contribution in [0.5, 0.6) is 0 Å². The number of carbonyl (C=O) groups excluding carboxylic acids is 1. The van der Waals surface area contributed by atoms with Gasteiger partial charge < -0.3 is 15.8 Å². The molecular formula is C15H22N2O2. The first-order valence-corrected chi connectivity index (χ1v) is 6.80. The summed E-state index contributed by atoms with van der Waals surface area (Å²) in [6.07, 6.45) is 2.91. The van der Waals surface area contributed by atoms with E-state index in [0.717, 1.165) is 24.0 Å². The maximum absolute atomic E-state index is 12.0. The molecule has 0 radical (unpaired) electrons. The van der Waals surface area contributed by atoms with Crippen LogP contribution in [0, 0.1) is 5.92 Å². The van der Waals surface area contributed by atoms with Gasteiger partial charge in [0.15, 0.2) is 0 Å². The molecule has 0 bridgehead atoms. The van der Waals surface area contributed by atoms with Crippen molar-refractivity contribution in [3.8, 4) is 0 Å².